The highest BCUT2D eigenvalue weighted by Gasteiger charge is 2.23. The van der Waals surface area contributed by atoms with Crippen LogP contribution < -0.4 is 10.5 Å². The molecule has 3 rings (SSSR count). The molecule has 2 aromatic rings. The van der Waals surface area contributed by atoms with Crippen molar-refractivity contribution in [1.82, 2.24) is 9.88 Å². The molecule has 1 fully saturated rings. The first-order valence-corrected chi connectivity index (χ1v) is 10.2. The molecule has 28 heavy (non-hydrogen) atoms. The van der Waals surface area contributed by atoms with Crippen molar-refractivity contribution < 1.29 is 4.79 Å². The Morgan fingerprint density at radius 3 is 2.57 bits per heavy atom. The number of nitrogens with one attached hydrogen (secondary N) is 1. The van der Waals surface area contributed by atoms with Gasteiger partial charge in [-0.05, 0) is 43.5 Å². The molecular weight excluding hydrogens is 372 g/mol. The number of pyridine rings is 1. The first-order valence-electron chi connectivity index (χ1n) is 9.26. The number of nitriles is 1. The van der Waals surface area contributed by atoms with Crippen LogP contribution in [0, 0.1) is 32.1 Å². The maximum atomic E-state index is 12.6. The maximum Gasteiger partial charge on any atom is 0.249 e. The summed E-state index contributed by atoms with van der Waals surface area (Å²) in [6.07, 6.45) is 0. The van der Waals surface area contributed by atoms with E-state index < -0.39 is 0 Å². The molecule has 0 unspecified atom stereocenters. The van der Waals surface area contributed by atoms with Gasteiger partial charge in [-0.1, -0.05) is 23.9 Å². The third kappa shape index (κ3) is 4.23. The molecule has 7 heteroatoms. The first-order chi connectivity index (χ1) is 13.4. The monoisotopic (exact) mass is 396 g/mol. The van der Waals surface area contributed by atoms with Gasteiger partial charge in [0.25, 0.3) is 0 Å². The van der Waals surface area contributed by atoms with Crippen LogP contribution in [0.1, 0.15) is 22.3 Å². The number of piperazine rings is 1. The second-order valence-electron chi connectivity index (χ2n) is 7.01. The highest BCUT2D eigenvalue weighted by molar-refractivity contribution is 8.00. The van der Waals surface area contributed by atoms with Gasteiger partial charge in [-0.3, -0.25) is 9.59 Å². The molecule has 1 aliphatic rings. The summed E-state index contributed by atoms with van der Waals surface area (Å²) in [6.45, 7) is 8.91. The molecule has 0 bridgehead atoms. The Morgan fingerprint density at radius 2 is 1.89 bits per heavy atom. The molecule has 1 amide bonds. The smallest absolute Gasteiger partial charge is 0.249 e. The van der Waals surface area contributed by atoms with Crippen LogP contribution in [0.2, 0.25) is 0 Å². The lowest BCUT2D eigenvalue weighted by molar-refractivity contribution is -0.128. The maximum absolute atomic E-state index is 12.6. The predicted molar refractivity (Wildman–Crippen MR) is 112 cm³/mol. The minimum Gasteiger partial charge on any atom is -0.368 e. The van der Waals surface area contributed by atoms with Gasteiger partial charge in [0.05, 0.1) is 16.3 Å². The van der Waals surface area contributed by atoms with Crippen LogP contribution in [-0.2, 0) is 4.79 Å². The van der Waals surface area contributed by atoms with E-state index in [1.807, 2.05) is 4.90 Å². The number of amides is 1. The minimum atomic E-state index is -0.256. The minimum absolute atomic E-state index is 0.0249. The van der Waals surface area contributed by atoms with Gasteiger partial charge < -0.3 is 14.8 Å². The summed E-state index contributed by atoms with van der Waals surface area (Å²) in [4.78, 5) is 31.1. The topological polar surface area (TPSA) is 80.2 Å². The summed E-state index contributed by atoms with van der Waals surface area (Å²) in [5.41, 5.74) is 4.59. The molecule has 1 saturated heterocycles. The van der Waals surface area contributed by atoms with Crippen LogP contribution in [0.25, 0.3) is 0 Å². The van der Waals surface area contributed by atoms with Crippen LogP contribution in [0.3, 0.4) is 0 Å². The quantitative estimate of drug-likeness (QED) is 0.804. The Kier molecular flexibility index (Phi) is 6.10. The molecule has 6 nitrogen and oxygen atoms in total. The third-order valence-corrected chi connectivity index (χ3v) is 6.19. The number of aromatic amines is 1. The van der Waals surface area contributed by atoms with Crippen molar-refractivity contribution in [2.75, 3.05) is 36.8 Å². The van der Waals surface area contributed by atoms with Gasteiger partial charge in [-0.15, -0.1) is 0 Å². The molecule has 1 N–H and O–H groups in total. The molecule has 0 atom stereocenters. The van der Waals surface area contributed by atoms with E-state index >= 15 is 0 Å². The standard InChI is InChI=1S/C21H24N4O2S/c1-14-5-4-6-18(16(14)3)24-7-9-25(10-8-24)20(27)13-28-21-17(12-22)15(2)11-19(26)23-21/h4-6,11H,7-10,13H2,1-3H3,(H,23,26). The van der Waals surface area contributed by atoms with Gasteiger partial charge in [0.1, 0.15) is 6.07 Å². The number of carbonyl (C=O) groups is 1. The second-order valence-corrected chi connectivity index (χ2v) is 7.99. The lowest BCUT2D eigenvalue weighted by atomic mass is 10.1. The fourth-order valence-electron chi connectivity index (χ4n) is 3.41. The summed E-state index contributed by atoms with van der Waals surface area (Å²) >= 11 is 1.22. The third-order valence-electron chi connectivity index (χ3n) is 5.21. The number of nitrogens with zero attached hydrogens (tertiary/aromatic N) is 3. The van der Waals surface area contributed by atoms with Crippen LogP contribution in [0.15, 0.2) is 34.1 Å². The number of H-pyrrole nitrogens is 1. The van der Waals surface area contributed by atoms with Crippen LogP contribution in [0.4, 0.5) is 5.69 Å². The van der Waals surface area contributed by atoms with E-state index in [0.717, 1.165) is 13.1 Å². The van der Waals surface area contributed by atoms with Crippen molar-refractivity contribution in [2.24, 2.45) is 0 Å². The lowest BCUT2D eigenvalue weighted by Crippen LogP contribution is -2.49. The number of carbonyl (C=O) groups excluding carboxylic acids is 1. The number of aryl methyl sites for hydroxylation is 2. The Labute approximate surface area is 169 Å². The van der Waals surface area contributed by atoms with Crippen molar-refractivity contribution in [3.8, 4) is 6.07 Å². The van der Waals surface area contributed by atoms with Crippen molar-refractivity contribution in [3.05, 3.63) is 56.9 Å². The summed E-state index contributed by atoms with van der Waals surface area (Å²) < 4.78 is 0. The van der Waals surface area contributed by atoms with E-state index in [4.69, 9.17) is 0 Å². The molecule has 1 aromatic carbocycles. The van der Waals surface area contributed by atoms with Crippen molar-refractivity contribution in [2.45, 2.75) is 25.8 Å². The lowest BCUT2D eigenvalue weighted by Gasteiger charge is -2.37. The Morgan fingerprint density at radius 1 is 1.18 bits per heavy atom. The molecule has 0 radical (unpaired) electrons. The number of hydrogen-bond acceptors (Lipinski definition) is 5. The zero-order valence-corrected chi connectivity index (χ0v) is 17.2. The van der Waals surface area contributed by atoms with Gasteiger partial charge in [0.15, 0.2) is 0 Å². The number of benzene rings is 1. The van der Waals surface area contributed by atoms with Gasteiger partial charge >= 0.3 is 0 Å². The predicted octanol–water partition coefficient (Wildman–Crippen LogP) is 2.61. The van der Waals surface area contributed by atoms with E-state index in [2.05, 4.69) is 48.0 Å². The van der Waals surface area contributed by atoms with Crippen molar-refractivity contribution in [1.29, 1.82) is 5.26 Å². The van der Waals surface area contributed by atoms with E-state index in [-0.39, 0.29) is 17.2 Å². The van der Waals surface area contributed by atoms with Gasteiger partial charge in [0, 0.05) is 37.9 Å². The zero-order valence-electron chi connectivity index (χ0n) is 16.4. The fourth-order valence-corrected chi connectivity index (χ4v) is 4.38. The number of hydrogen-bond donors (Lipinski definition) is 1. The number of aromatic nitrogens is 1. The Hall–Kier alpha value is -2.72. The average Bonchev–Trinajstić information content (AvgIpc) is 2.68. The highest BCUT2D eigenvalue weighted by atomic mass is 32.2. The second kappa shape index (κ2) is 8.53. The van der Waals surface area contributed by atoms with Gasteiger partial charge in [-0.2, -0.15) is 5.26 Å². The Balaban J connectivity index is 1.60. The largest absolute Gasteiger partial charge is 0.368 e. The summed E-state index contributed by atoms with van der Waals surface area (Å²) in [5, 5.41) is 9.76. The van der Waals surface area contributed by atoms with Crippen LogP contribution in [0.5, 0.6) is 0 Å². The van der Waals surface area contributed by atoms with Crippen molar-refractivity contribution >= 4 is 23.4 Å². The summed E-state index contributed by atoms with van der Waals surface area (Å²) in [6, 6.07) is 9.82. The molecule has 0 saturated carbocycles. The van der Waals surface area contributed by atoms with Gasteiger partial charge in [-0.25, -0.2) is 0 Å². The zero-order chi connectivity index (χ0) is 20.3. The molecule has 146 valence electrons. The van der Waals surface area contributed by atoms with E-state index in [9.17, 15) is 14.9 Å². The molecule has 1 aliphatic heterocycles. The molecule has 2 heterocycles. The molecular formula is C21H24N4O2S. The fraction of sp³-hybridized carbons (Fsp3) is 0.381. The van der Waals surface area contributed by atoms with E-state index in [1.54, 1.807) is 6.92 Å². The van der Waals surface area contributed by atoms with Crippen LogP contribution >= 0.6 is 11.8 Å². The number of rotatable bonds is 4. The number of anilines is 1. The molecule has 0 aliphatic carbocycles. The van der Waals surface area contributed by atoms with E-state index in [0.29, 0.717) is 29.2 Å². The van der Waals surface area contributed by atoms with Gasteiger partial charge in [0.2, 0.25) is 11.5 Å². The van der Waals surface area contributed by atoms with Crippen LogP contribution in [-0.4, -0.2) is 47.7 Å². The summed E-state index contributed by atoms with van der Waals surface area (Å²) in [7, 11) is 0. The van der Waals surface area contributed by atoms with E-state index in [1.165, 1.54) is 34.6 Å². The number of thioether (sulfide) groups is 1. The highest BCUT2D eigenvalue weighted by Crippen LogP contribution is 2.25. The molecule has 1 aromatic heterocycles. The normalized spacial score (nSPS) is 14.1. The Bertz CT molecular complexity index is 985. The van der Waals surface area contributed by atoms with Crippen molar-refractivity contribution in [3.63, 3.8) is 0 Å². The SMILES string of the molecule is Cc1cccc(N2CCN(C(=O)CSc3[nH]c(=O)cc(C)c3C#N)CC2)c1C. The first kappa shape index (κ1) is 20.0. The molecule has 0 spiro atoms. The summed E-state index contributed by atoms with van der Waals surface area (Å²) in [5.74, 6) is 0.231. The average molecular weight is 397 g/mol.